The van der Waals surface area contributed by atoms with E-state index >= 15 is 0 Å². The highest BCUT2D eigenvalue weighted by Crippen LogP contribution is 2.35. The maximum atomic E-state index is 12.7. The van der Waals surface area contributed by atoms with Crippen LogP contribution in [0.4, 0.5) is 0 Å². The highest BCUT2D eigenvalue weighted by Gasteiger charge is 2.35. The third-order valence-electron chi connectivity index (χ3n) is 5.18. The van der Waals surface area contributed by atoms with Crippen molar-refractivity contribution in [2.45, 2.75) is 51.1 Å². The van der Waals surface area contributed by atoms with Crippen LogP contribution in [-0.4, -0.2) is 51.7 Å². The van der Waals surface area contributed by atoms with Gasteiger partial charge in [-0.25, -0.2) is 0 Å². The van der Waals surface area contributed by atoms with Gasteiger partial charge in [-0.2, -0.15) is 5.10 Å². The molecule has 1 aromatic rings. The number of fused-ring (bicyclic) bond motifs is 1. The monoisotopic (exact) mass is 304 g/mol. The SMILES string of the molecule is CN(CC(=O)N1CCCC2CCCCC21)Cc1cnn(C)c1. The summed E-state index contributed by atoms with van der Waals surface area (Å²) in [6, 6.07) is 0.516. The minimum atomic E-state index is 0.308. The normalized spacial score (nSPS) is 25.3. The second kappa shape index (κ2) is 6.82. The Balaban J connectivity index is 1.56. The van der Waals surface area contributed by atoms with Crippen molar-refractivity contribution >= 4 is 5.91 Å². The van der Waals surface area contributed by atoms with Gasteiger partial charge < -0.3 is 4.90 Å². The number of piperidine rings is 1. The molecule has 1 saturated carbocycles. The third-order valence-corrected chi connectivity index (χ3v) is 5.18. The Bertz CT molecular complexity index is 511. The van der Waals surface area contributed by atoms with Crippen LogP contribution in [0.5, 0.6) is 0 Å². The van der Waals surface area contributed by atoms with Crippen molar-refractivity contribution < 1.29 is 4.79 Å². The summed E-state index contributed by atoms with van der Waals surface area (Å²) in [6.07, 6.45) is 11.6. The fourth-order valence-corrected chi connectivity index (χ4v) is 4.18. The molecule has 1 saturated heterocycles. The Labute approximate surface area is 133 Å². The van der Waals surface area contributed by atoms with Crippen LogP contribution in [0.1, 0.15) is 44.1 Å². The predicted octanol–water partition coefficient (Wildman–Crippen LogP) is 2.03. The van der Waals surface area contributed by atoms with Crippen LogP contribution < -0.4 is 0 Å². The molecule has 2 heterocycles. The van der Waals surface area contributed by atoms with Crippen molar-refractivity contribution in [1.29, 1.82) is 0 Å². The third kappa shape index (κ3) is 3.51. The Hall–Kier alpha value is -1.36. The topological polar surface area (TPSA) is 41.4 Å². The summed E-state index contributed by atoms with van der Waals surface area (Å²) in [6.45, 7) is 2.25. The average molecular weight is 304 g/mol. The first kappa shape index (κ1) is 15.5. The van der Waals surface area contributed by atoms with Gasteiger partial charge in [0.15, 0.2) is 0 Å². The number of hydrogen-bond donors (Lipinski definition) is 0. The molecule has 2 aliphatic rings. The summed E-state index contributed by atoms with van der Waals surface area (Å²) in [7, 11) is 3.94. The van der Waals surface area contributed by atoms with Gasteiger partial charge in [-0.05, 0) is 38.6 Å². The van der Waals surface area contributed by atoms with E-state index in [9.17, 15) is 4.79 Å². The van der Waals surface area contributed by atoms with E-state index in [4.69, 9.17) is 0 Å². The van der Waals surface area contributed by atoms with Gasteiger partial charge in [0, 0.05) is 37.9 Å². The first-order valence-corrected chi connectivity index (χ1v) is 8.59. The second-order valence-corrected chi connectivity index (χ2v) is 7.04. The number of carbonyl (C=O) groups is 1. The molecule has 5 heteroatoms. The van der Waals surface area contributed by atoms with Crippen molar-refractivity contribution in [3.05, 3.63) is 18.0 Å². The van der Waals surface area contributed by atoms with Gasteiger partial charge in [-0.1, -0.05) is 12.8 Å². The molecule has 1 aromatic heterocycles. The molecule has 0 N–H and O–H groups in total. The largest absolute Gasteiger partial charge is 0.338 e. The number of aromatic nitrogens is 2. The lowest BCUT2D eigenvalue weighted by atomic mass is 9.78. The van der Waals surface area contributed by atoms with E-state index in [2.05, 4.69) is 14.9 Å². The minimum absolute atomic E-state index is 0.308. The van der Waals surface area contributed by atoms with Gasteiger partial charge in [-0.3, -0.25) is 14.4 Å². The summed E-state index contributed by atoms with van der Waals surface area (Å²) < 4.78 is 1.81. The van der Waals surface area contributed by atoms with Crippen molar-refractivity contribution in [3.8, 4) is 0 Å². The summed E-state index contributed by atoms with van der Waals surface area (Å²) in [5.41, 5.74) is 1.16. The Morgan fingerprint density at radius 2 is 2.09 bits per heavy atom. The van der Waals surface area contributed by atoms with Crippen LogP contribution in [0.15, 0.2) is 12.4 Å². The molecule has 122 valence electrons. The van der Waals surface area contributed by atoms with E-state index < -0.39 is 0 Å². The molecule has 22 heavy (non-hydrogen) atoms. The van der Waals surface area contributed by atoms with Crippen molar-refractivity contribution in [3.63, 3.8) is 0 Å². The molecule has 0 radical (unpaired) electrons. The maximum Gasteiger partial charge on any atom is 0.237 e. The number of nitrogens with zero attached hydrogens (tertiary/aromatic N) is 4. The van der Waals surface area contributed by atoms with Crippen LogP contribution in [0.2, 0.25) is 0 Å². The van der Waals surface area contributed by atoms with Crippen LogP contribution in [0, 0.1) is 5.92 Å². The smallest absolute Gasteiger partial charge is 0.237 e. The summed E-state index contributed by atoms with van der Waals surface area (Å²) in [5, 5.41) is 4.19. The van der Waals surface area contributed by atoms with Crippen molar-refractivity contribution in [2.24, 2.45) is 13.0 Å². The second-order valence-electron chi connectivity index (χ2n) is 7.04. The molecule has 1 aliphatic carbocycles. The van der Waals surface area contributed by atoms with Gasteiger partial charge in [-0.15, -0.1) is 0 Å². The minimum Gasteiger partial charge on any atom is -0.338 e. The van der Waals surface area contributed by atoms with E-state index in [0.29, 0.717) is 18.5 Å². The van der Waals surface area contributed by atoms with Gasteiger partial charge in [0.2, 0.25) is 5.91 Å². The first-order chi connectivity index (χ1) is 10.6. The average Bonchev–Trinajstić information content (AvgIpc) is 2.91. The summed E-state index contributed by atoms with van der Waals surface area (Å²) in [4.78, 5) is 17.0. The van der Waals surface area contributed by atoms with E-state index in [-0.39, 0.29) is 0 Å². The molecule has 0 bridgehead atoms. The Morgan fingerprint density at radius 3 is 2.86 bits per heavy atom. The van der Waals surface area contributed by atoms with Crippen LogP contribution in [0.25, 0.3) is 0 Å². The number of amides is 1. The number of carbonyl (C=O) groups excluding carboxylic acids is 1. The molecular weight excluding hydrogens is 276 g/mol. The Morgan fingerprint density at radius 1 is 1.32 bits per heavy atom. The van der Waals surface area contributed by atoms with Gasteiger partial charge >= 0.3 is 0 Å². The van der Waals surface area contributed by atoms with Crippen LogP contribution >= 0.6 is 0 Å². The van der Waals surface area contributed by atoms with Gasteiger partial charge in [0.1, 0.15) is 0 Å². The zero-order valence-electron chi connectivity index (χ0n) is 13.9. The zero-order chi connectivity index (χ0) is 15.5. The summed E-state index contributed by atoms with van der Waals surface area (Å²) in [5.74, 6) is 1.07. The van der Waals surface area contributed by atoms with Crippen LogP contribution in [-0.2, 0) is 18.4 Å². The molecule has 0 aromatic carbocycles. The van der Waals surface area contributed by atoms with E-state index in [1.54, 1.807) is 0 Å². The number of likely N-dealkylation sites (N-methyl/N-ethyl adjacent to an activating group) is 1. The number of likely N-dealkylation sites (tertiary alicyclic amines) is 1. The molecule has 2 unspecified atom stereocenters. The number of aryl methyl sites for hydroxylation is 1. The molecule has 1 amide bonds. The van der Waals surface area contributed by atoms with E-state index in [1.165, 1.54) is 38.5 Å². The van der Waals surface area contributed by atoms with E-state index in [0.717, 1.165) is 24.6 Å². The molecule has 3 rings (SSSR count). The lowest BCUT2D eigenvalue weighted by Gasteiger charge is -2.44. The fourth-order valence-electron chi connectivity index (χ4n) is 4.18. The Kier molecular flexibility index (Phi) is 4.81. The zero-order valence-corrected chi connectivity index (χ0v) is 13.9. The number of hydrogen-bond acceptors (Lipinski definition) is 3. The highest BCUT2D eigenvalue weighted by molar-refractivity contribution is 5.78. The van der Waals surface area contributed by atoms with Crippen molar-refractivity contribution in [2.75, 3.05) is 20.1 Å². The standard InChI is InChI=1S/C17H28N4O/c1-19(11-14-10-18-20(2)12-14)13-17(22)21-9-5-7-15-6-3-4-8-16(15)21/h10,12,15-16H,3-9,11,13H2,1-2H3. The fraction of sp³-hybridized carbons (Fsp3) is 0.765. The highest BCUT2D eigenvalue weighted by atomic mass is 16.2. The summed E-state index contributed by atoms with van der Waals surface area (Å²) >= 11 is 0. The van der Waals surface area contributed by atoms with Gasteiger partial charge in [0.25, 0.3) is 0 Å². The quantitative estimate of drug-likeness (QED) is 0.855. The van der Waals surface area contributed by atoms with E-state index in [1.807, 2.05) is 31.2 Å². The number of rotatable bonds is 4. The molecule has 5 nitrogen and oxygen atoms in total. The van der Waals surface area contributed by atoms with Crippen LogP contribution in [0.3, 0.4) is 0 Å². The molecular formula is C17H28N4O. The molecule has 1 aliphatic heterocycles. The maximum absolute atomic E-state index is 12.7. The van der Waals surface area contributed by atoms with Gasteiger partial charge in [0.05, 0.1) is 12.7 Å². The molecule has 2 fully saturated rings. The van der Waals surface area contributed by atoms with Crippen molar-refractivity contribution in [1.82, 2.24) is 19.6 Å². The molecule has 0 spiro atoms. The lowest BCUT2D eigenvalue weighted by Crippen LogP contribution is -2.52. The lowest BCUT2D eigenvalue weighted by molar-refractivity contribution is -0.138. The first-order valence-electron chi connectivity index (χ1n) is 8.59. The molecule has 2 atom stereocenters. The predicted molar refractivity (Wildman–Crippen MR) is 86.2 cm³/mol.